The van der Waals surface area contributed by atoms with Crippen molar-refractivity contribution in [3.63, 3.8) is 0 Å². The fraction of sp³-hybridized carbons (Fsp3) is 0.950. The van der Waals surface area contributed by atoms with Gasteiger partial charge in [-0.2, -0.15) is 0 Å². The Balaban J connectivity index is 2.96. The molecule has 0 aromatic rings. The third-order valence-electron chi connectivity index (χ3n) is 4.47. The van der Waals surface area contributed by atoms with Gasteiger partial charge in [-0.1, -0.05) is 110 Å². The molecule has 0 amide bonds. The van der Waals surface area contributed by atoms with Crippen LogP contribution in [0.25, 0.3) is 0 Å². The predicted molar refractivity (Wildman–Crippen MR) is 98.1 cm³/mol. The zero-order valence-electron chi connectivity index (χ0n) is 15.5. The van der Waals surface area contributed by atoms with E-state index in [-0.39, 0.29) is 0 Å². The summed E-state index contributed by atoms with van der Waals surface area (Å²) in [5.41, 5.74) is 0. The maximum absolute atomic E-state index is 10.1. The van der Waals surface area contributed by atoms with Crippen LogP contribution in [0.1, 0.15) is 116 Å². The molecule has 0 aliphatic heterocycles. The van der Waals surface area contributed by atoms with Crippen LogP contribution < -0.4 is 0 Å². The van der Waals surface area contributed by atoms with Crippen molar-refractivity contribution in [2.45, 2.75) is 116 Å². The van der Waals surface area contributed by atoms with Crippen molar-refractivity contribution in [2.24, 2.45) is 0 Å². The van der Waals surface area contributed by atoms with E-state index in [0.29, 0.717) is 6.61 Å². The summed E-state index contributed by atoms with van der Waals surface area (Å²) in [4.78, 5) is 10.1. The molecule has 0 aromatic carbocycles. The first-order valence-electron chi connectivity index (χ1n) is 10.1. The van der Waals surface area contributed by atoms with Gasteiger partial charge in [0, 0.05) is 0 Å². The van der Waals surface area contributed by atoms with Crippen molar-refractivity contribution in [2.75, 3.05) is 6.61 Å². The van der Waals surface area contributed by atoms with Gasteiger partial charge in [-0.15, -0.1) is 0 Å². The van der Waals surface area contributed by atoms with E-state index in [9.17, 15) is 4.79 Å². The molecular formula is C20H40O3. The number of carboxylic acid groups (broad SMARTS) is 1. The van der Waals surface area contributed by atoms with Gasteiger partial charge in [0.1, 0.15) is 0 Å². The number of unbranched alkanes of at least 4 members (excludes halogenated alkanes) is 16. The van der Waals surface area contributed by atoms with Crippen LogP contribution >= 0.6 is 0 Å². The van der Waals surface area contributed by atoms with Gasteiger partial charge in [0.25, 0.3) is 0 Å². The van der Waals surface area contributed by atoms with Crippen LogP contribution in [0.15, 0.2) is 0 Å². The van der Waals surface area contributed by atoms with E-state index >= 15 is 0 Å². The van der Waals surface area contributed by atoms with Crippen LogP contribution in [-0.4, -0.2) is 17.9 Å². The zero-order valence-corrected chi connectivity index (χ0v) is 15.5. The predicted octanol–water partition coefficient (Wildman–Crippen LogP) is 7.33. The van der Waals surface area contributed by atoms with Crippen LogP contribution in [0, 0.1) is 0 Å². The van der Waals surface area contributed by atoms with Crippen LogP contribution in [-0.2, 0) is 4.74 Å². The van der Waals surface area contributed by atoms with Crippen LogP contribution in [0.2, 0.25) is 0 Å². The van der Waals surface area contributed by atoms with Crippen molar-refractivity contribution in [3.8, 4) is 0 Å². The lowest BCUT2D eigenvalue weighted by molar-refractivity contribution is 0.0899. The average Bonchev–Trinajstić information content (AvgIpc) is 2.53. The van der Waals surface area contributed by atoms with Crippen molar-refractivity contribution >= 4 is 6.16 Å². The lowest BCUT2D eigenvalue weighted by atomic mass is 10.0. The molecule has 3 heteroatoms. The molecule has 0 radical (unpaired) electrons. The zero-order chi connectivity index (χ0) is 17.0. The van der Waals surface area contributed by atoms with Crippen molar-refractivity contribution < 1.29 is 14.6 Å². The average molecular weight is 329 g/mol. The summed E-state index contributed by atoms with van der Waals surface area (Å²) in [7, 11) is 0. The fourth-order valence-corrected chi connectivity index (χ4v) is 2.99. The third-order valence-corrected chi connectivity index (χ3v) is 4.47. The number of rotatable bonds is 18. The topological polar surface area (TPSA) is 46.5 Å². The van der Waals surface area contributed by atoms with Crippen molar-refractivity contribution in [1.29, 1.82) is 0 Å². The number of ether oxygens (including phenoxy) is 1. The molecule has 0 spiro atoms. The van der Waals surface area contributed by atoms with E-state index in [1.165, 1.54) is 96.3 Å². The minimum atomic E-state index is -1.15. The van der Waals surface area contributed by atoms with Crippen LogP contribution in [0.5, 0.6) is 0 Å². The molecule has 0 fully saturated rings. The molecular weight excluding hydrogens is 288 g/mol. The fourth-order valence-electron chi connectivity index (χ4n) is 2.99. The van der Waals surface area contributed by atoms with Gasteiger partial charge in [0.15, 0.2) is 0 Å². The highest BCUT2D eigenvalue weighted by Crippen LogP contribution is 2.13. The second-order valence-electron chi connectivity index (χ2n) is 6.77. The van der Waals surface area contributed by atoms with E-state index in [1.54, 1.807) is 0 Å². The van der Waals surface area contributed by atoms with E-state index in [4.69, 9.17) is 5.11 Å². The molecule has 1 N–H and O–H groups in total. The highest BCUT2D eigenvalue weighted by atomic mass is 16.7. The van der Waals surface area contributed by atoms with Gasteiger partial charge in [-0.05, 0) is 6.42 Å². The van der Waals surface area contributed by atoms with Gasteiger partial charge >= 0.3 is 6.16 Å². The summed E-state index contributed by atoms with van der Waals surface area (Å²) >= 11 is 0. The second-order valence-corrected chi connectivity index (χ2v) is 6.77. The molecule has 0 atom stereocenters. The molecule has 0 heterocycles. The normalized spacial score (nSPS) is 10.8. The molecule has 0 rings (SSSR count). The van der Waals surface area contributed by atoms with E-state index in [0.717, 1.165) is 12.8 Å². The highest BCUT2D eigenvalue weighted by molar-refractivity contribution is 5.56. The number of carbonyl (C=O) groups is 1. The van der Waals surface area contributed by atoms with Gasteiger partial charge < -0.3 is 9.84 Å². The van der Waals surface area contributed by atoms with E-state index in [1.807, 2.05) is 0 Å². The first kappa shape index (κ1) is 22.3. The molecule has 138 valence electrons. The summed E-state index contributed by atoms with van der Waals surface area (Å²) in [6.07, 6.45) is 21.6. The first-order chi connectivity index (χ1) is 11.3. The summed E-state index contributed by atoms with van der Waals surface area (Å²) in [5, 5.41) is 8.33. The van der Waals surface area contributed by atoms with Gasteiger partial charge in [-0.25, -0.2) is 4.79 Å². The van der Waals surface area contributed by atoms with E-state index in [2.05, 4.69) is 11.7 Å². The van der Waals surface area contributed by atoms with Gasteiger partial charge in [0.2, 0.25) is 0 Å². The molecule has 0 aliphatic carbocycles. The van der Waals surface area contributed by atoms with Gasteiger partial charge in [-0.3, -0.25) is 0 Å². The smallest absolute Gasteiger partial charge is 0.450 e. The summed E-state index contributed by atoms with van der Waals surface area (Å²) in [6, 6.07) is 0. The number of hydrogen-bond acceptors (Lipinski definition) is 2. The Hall–Kier alpha value is -0.730. The lowest BCUT2D eigenvalue weighted by Crippen LogP contribution is -2.01. The minimum Gasteiger partial charge on any atom is -0.450 e. The van der Waals surface area contributed by atoms with Crippen molar-refractivity contribution in [1.82, 2.24) is 0 Å². The molecule has 0 aliphatic rings. The summed E-state index contributed by atoms with van der Waals surface area (Å²) < 4.78 is 4.48. The molecule has 0 saturated heterocycles. The SMILES string of the molecule is CCCCCCCCCCCCCCCCCCCOC(=O)O. The third kappa shape index (κ3) is 21.3. The number of hydrogen-bond donors (Lipinski definition) is 1. The molecule has 3 nitrogen and oxygen atoms in total. The lowest BCUT2D eigenvalue weighted by Gasteiger charge is -2.03. The van der Waals surface area contributed by atoms with Crippen molar-refractivity contribution in [3.05, 3.63) is 0 Å². The van der Waals surface area contributed by atoms with Crippen LogP contribution in [0.3, 0.4) is 0 Å². The Bertz CT molecular complexity index is 241. The monoisotopic (exact) mass is 328 g/mol. The maximum Gasteiger partial charge on any atom is 0.505 e. The Morgan fingerprint density at radius 2 is 0.913 bits per heavy atom. The Kier molecular flexibility index (Phi) is 18.7. The molecule has 0 aromatic heterocycles. The summed E-state index contributed by atoms with van der Waals surface area (Å²) in [5.74, 6) is 0. The molecule has 0 unspecified atom stereocenters. The van der Waals surface area contributed by atoms with Crippen LogP contribution in [0.4, 0.5) is 4.79 Å². The molecule has 23 heavy (non-hydrogen) atoms. The second kappa shape index (κ2) is 19.3. The van der Waals surface area contributed by atoms with E-state index < -0.39 is 6.16 Å². The largest absolute Gasteiger partial charge is 0.505 e. The Morgan fingerprint density at radius 3 is 1.22 bits per heavy atom. The maximum atomic E-state index is 10.1. The first-order valence-corrected chi connectivity index (χ1v) is 10.1. The standard InChI is InChI=1S/C20H40O3/c1-2-3-4-5-6-7-8-9-10-11-12-13-14-15-16-17-18-19-23-20(21)22/h2-19H2,1H3,(H,21,22). The Morgan fingerprint density at radius 1 is 0.609 bits per heavy atom. The quantitative estimate of drug-likeness (QED) is 0.211. The molecule has 0 saturated carbocycles. The molecule has 0 bridgehead atoms. The minimum absolute atomic E-state index is 0.355. The summed E-state index contributed by atoms with van der Waals surface area (Å²) in [6.45, 7) is 2.63. The Labute approximate surface area is 144 Å². The highest BCUT2D eigenvalue weighted by Gasteiger charge is 1.96. The van der Waals surface area contributed by atoms with Gasteiger partial charge in [0.05, 0.1) is 6.61 Å².